The van der Waals surface area contributed by atoms with Gasteiger partial charge in [0.1, 0.15) is 5.75 Å². The van der Waals surface area contributed by atoms with Crippen LogP contribution in [0.5, 0.6) is 5.75 Å². The zero-order valence-electron chi connectivity index (χ0n) is 10.9. The molecule has 0 unspecified atom stereocenters. The minimum atomic E-state index is -2.95. The van der Waals surface area contributed by atoms with Crippen molar-refractivity contribution in [3.8, 4) is 5.75 Å². The molecule has 1 heterocycles. The number of urea groups is 1. The number of para-hydroxylation sites is 2. The largest absolute Gasteiger partial charge is 0.433 e. The summed E-state index contributed by atoms with van der Waals surface area (Å²) in [7, 11) is 0. The summed E-state index contributed by atoms with van der Waals surface area (Å²) < 4.78 is 28.8. The number of anilines is 1. The van der Waals surface area contributed by atoms with Gasteiger partial charge < -0.3 is 15.4 Å². The van der Waals surface area contributed by atoms with Gasteiger partial charge in [0.25, 0.3) is 0 Å². The van der Waals surface area contributed by atoms with Gasteiger partial charge in [0.2, 0.25) is 0 Å². The lowest BCUT2D eigenvalue weighted by Gasteiger charge is -2.12. The summed E-state index contributed by atoms with van der Waals surface area (Å²) in [5.41, 5.74) is 0.848. The van der Waals surface area contributed by atoms with Gasteiger partial charge in [-0.15, -0.1) is 0 Å². The fourth-order valence-corrected chi connectivity index (χ4v) is 1.61. The van der Waals surface area contributed by atoms with Crippen LogP contribution in [-0.4, -0.2) is 17.6 Å². The van der Waals surface area contributed by atoms with Crippen LogP contribution in [0.4, 0.5) is 19.3 Å². The van der Waals surface area contributed by atoms with Crippen LogP contribution in [0.25, 0.3) is 0 Å². The van der Waals surface area contributed by atoms with E-state index < -0.39 is 12.6 Å². The quantitative estimate of drug-likeness (QED) is 0.890. The summed E-state index contributed by atoms with van der Waals surface area (Å²) in [5, 5.41) is 5.02. The van der Waals surface area contributed by atoms with Gasteiger partial charge >= 0.3 is 12.6 Å². The first-order chi connectivity index (χ1) is 10.1. The van der Waals surface area contributed by atoms with E-state index in [2.05, 4.69) is 20.4 Å². The fourth-order valence-electron chi connectivity index (χ4n) is 1.61. The molecule has 0 atom stereocenters. The van der Waals surface area contributed by atoms with Gasteiger partial charge in [0.05, 0.1) is 17.9 Å². The van der Waals surface area contributed by atoms with Gasteiger partial charge in [-0.05, 0) is 24.3 Å². The number of alkyl halides is 2. The molecule has 0 saturated heterocycles. The number of halogens is 2. The number of nitrogens with zero attached hydrogens (tertiary/aromatic N) is 1. The van der Waals surface area contributed by atoms with E-state index in [-0.39, 0.29) is 18.0 Å². The van der Waals surface area contributed by atoms with E-state index in [0.29, 0.717) is 5.69 Å². The second kappa shape index (κ2) is 7.18. The van der Waals surface area contributed by atoms with E-state index in [4.69, 9.17) is 0 Å². The lowest BCUT2D eigenvalue weighted by molar-refractivity contribution is -0.0493. The van der Waals surface area contributed by atoms with E-state index in [9.17, 15) is 13.6 Å². The number of hydrogen-bond acceptors (Lipinski definition) is 3. The van der Waals surface area contributed by atoms with Crippen LogP contribution in [0.2, 0.25) is 0 Å². The summed E-state index contributed by atoms with van der Waals surface area (Å²) in [5.74, 6) is -0.0968. The van der Waals surface area contributed by atoms with Gasteiger partial charge in [-0.25, -0.2) is 4.79 Å². The summed E-state index contributed by atoms with van der Waals surface area (Å²) in [6.45, 7) is -2.73. The fraction of sp³-hybridized carbons (Fsp3) is 0.143. The maximum Gasteiger partial charge on any atom is 0.387 e. The number of nitrogens with one attached hydrogen (secondary N) is 2. The molecule has 2 aromatic rings. The number of hydrogen-bond donors (Lipinski definition) is 2. The second-order valence-corrected chi connectivity index (χ2v) is 4.00. The van der Waals surface area contributed by atoms with Crippen LogP contribution >= 0.6 is 0 Å². The average Bonchev–Trinajstić information content (AvgIpc) is 2.48. The van der Waals surface area contributed by atoms with Crippen molar-refractivity contribution >= 4 is 11.7 Å². The highest BCUT2D eigenvalue weighted by molar-refractivity contribution is 5.90. The highest BCUT2D eigenvalue weighted by atomic mass is 19.3. The number of ether oxygens (including phenoxy) is 1. The Morgan fingerprint density at radius 1 is 1.19 bits per heavy atom. The van der Waals surface area contributed by atoms with Crippen LogP contribution in [0, 0.1) is 0 Å². The Labute approximate surface area is 120 Å². The second-order valence-electron chi connectivity index (χ2n) is 4.00. The van der Waals surface area contributed by atoms with E-state index >= 15 is 0 Å². The molecule has 0 aliphatic carbocycles. The molecule has 0 bridgehead atoms. The van der Waals surface area contributed by atoms with Crippen molar-refractivity contribution in [2.75, 3.05) is 5.32 Å². The van der Waals surface area contributed by atoms with Crippen molar-refractivity contribution in [1.29, 1.82) is 0 Å². The first-order valence-electron chi connectivity index (χ1n) is 6.14. The Balaban J connectivity index is 1.93. The molecule has 2 amide bonds. The molecule has 0 spiro atoms. The number of pyridine rings is 1. The third-order valence-corrected chi connectivity index (χ3v) is 2.51. The van der Waals surface area contributed by atoms with Crippen molar-refractivity contribution in [2.24, 2.45) is 0 Å². The molecule has 1 aromatic carbocycles. The molecule has 5 nitrogen and oxygen atoms in total. The number of aromatic nitrogens is 1. The molecule has 0 fully saturated rings. The van der Waals surface area contributed by atoms with E-state index in [0.717, 1.165) is 0 Å². The zero-order valence-corrected chi connectivity index (χ0v) is 10.9. The SMILES string of the molecule is O=C(NCc1ccccn1)Nc1ccccc1OC(F)F. The monoisotopic (exact) mass is 293 g/mol. The van der Waals surface area contributed by atoms with Crippen LogP contribution in [-0.2, 0) is 6.54 Å². The maximum atomic E-state index is 12.2. The van der Waals surface area contributed by atoms with Gasteiger partial charge in [-0.2, -0.15) is 8.78 Å². The molecule has 110 valence electrons. The lowest BCUT2D eigenvalue weighted by Crippen LogP contribution is -2.28. The molecule has 2 rings (SSSR count). The minimum absolute atomic E-state index is 0.0968. The Morgan fingerprint density at radius 2 is 1.95 bits per heavy atom. The summed E-state index contributed by atoms with van der Waals surface area (Å²) in [4.78, 5) is 15.8. The number of rotatable bonds is 5. The molecular weight excluding hydrogens is 280 g/mol. The van der Waals surface area contributed by atoms with E-state index in [1.807, 2.05) is 0 Å². The van der Waals surface area contributed by atoms with Crippen molar-refractivity contribution < 1.29 is 18.3 Å². The molecule has 2 N–H and O–H groups in total. The van der Waals surface area contributed by atoms with E-state index in [1.165, 1.54) is 18.2 Å². The molecule has 1 aromatic heterocycles. The molecule has 7 heteroatoms. The molecule has 0 aliphatic rings. The zero-order chi connectivity index (χ0) is 15.1. The highest BCUT2D eigenvalue weighted by Gasteiger charge is 2.11. The van der Waals surface area contributed by atoms with E-state index in [1.54, 1.807) is 30.5 Å². The first kappa shape index (κ1) is 14.7. The van der Waals surface area contributed by atoms with Crippen molar-refractivity contribution in [2.45, 2.75) is 13.2 Å². The Kier molecular flexibility index (Phi) is 5.03. The third kappa shape index (κ3) is 4.72. The predicted molar refractivity (Wildman–Crippen MR) is 73.2 cm³/mol. The Hall–Kier alpha value is -2.70. The standard InChI is InChI=1S/C14H13F2N3O2/c15-13(16)21-12-7-2-1-6-11(12)19-14(20)18-9-10-5-3-4-8-17-10/h1-8,13H,9H2,(H2,18,19,20). The normalized spacial score (nSPS) is 10.2. The topological polar surface area (TPSA) is 63.2 Å². The van der Waals surface area contributed by atoms with Gasteiger partial charge in [0.15, 0.2) is 0 Å². The van der Waals surface area contributed by atoms with Crippen LogP contribution in [0.3, 0.4) is 0 Å². The van der Waals surface area contributed by atoms with Gasteiger partial charge in [-0.1, -0.05) is 18.2 Å². The lowest BCUT2D eigenvalue weighted by atomic mass is 10.3. The number of benzene rings is 1. The number of amides is 2. The van der Waals surface area contributed by atoms with Crippen LogP contribution in [0.1, 0.15) is 5.69 Å². The third-order valence-electron chi connectivity index (χ3n) is 2.51. The molecule has 0 aliphatic heterocycles. The predicted octanol–water partition coefficient (Wildman–Crippen LogP) is 3.00. The number of carbonyl (C=O) groups excluding carboxylic acids is 1. The van der Waals surface area contributed by atoms with Gasteiger partial charge in [-0.3, -0.25) is 4.98 Å². The highest BCUT2D eigenvalue weighted by Crippen LogP contribution is 2.25. The summed E-state index contributed by atoms with van der Waals surface area (Å²) >= 11 is 0. The Bertz CT molecular complexity index is 594. The van der Waals surface area contributed by atoms with Crippen molar-refractivity contribution in [3.05, 3.63) is 54.4 Å². The minimum Gasteiger partial charge on any atom is -0.433 e. The van der Waals surface area contributed by atoms with Crippen LogP contribution < -0.4 is 15.4 Å². The molecule has 0 saturated carbocycles. The smallest absolute Gasteiger partial charge is 0.387 e. The maximum absolute atomic E-state index is 12.2. The van der Waals surface area contributed by atoms with Crippen molar-refractivity contribution in [1.82, 2.24) is 10.3 Å². The first-order valence-corrected chi connectivity index (χ1v) is 6.14. The number of carbonyl (C=O) groups is 1. The molecular formula is C14H13F2N3O2. The van der Waals surface area contributed by atoms with Crippen LogP contribution in [0.15, 0.2) is 48.7 Å². The molecule has 0 radical (unpaired) electrons. The molecule has 21 heavy (non-hydrogen) atoms. The average molecular weight is 293 g/mol. The summed E-state index contributed by atoms with van der Waals surface area (Å²) in [6, 6.07) is 10.7. The van der Waals surface area contributed by atoms with Crippen molar-refractivity contribution in [3.63, 3.8) is 0 Å². The van der Waals surface area contributed by atoms with Gasteiger partial charge in [0, 0.05) is 6.20 Å². The summed E-state index contributed by atoms with van der Waals surface area (Å²) in [6.07, 6.45) is 1.61. The Morgan fingerprint density at radius 3 is 2.67 bits per heavy atom.